The molecule has 0 aromatic heterocycles. The van der Waals surface area contributed by atoms with E-state index in [0.717, 1.165) is 16.5 Å². The van der Waals surface area contributed by atoms with Crippen LogP contribution in [0.4, 0.5) is 5.69 Å². The van der Waals surface area contributed by atoms with Gasteiger partial charge in [0.2, 0.25) is 0 Å². The Morgan fingerprint density at radius 2 is 2.05 bits per heavy atom. The highest BCUT2D eigenvalue weighted by Crippen LogP contribution is 2.35. The number of ketones is 1. The van der Waals surface area contributed by atoms with Crippen molar-refractivity contribution in [1.29, 1.82) is 0 Å². The maximum atomic E-state index is 12.7. The molecule has 0 atom stereocenters. The Labute approximate surface area is 129 Å². The molecule has 5 heteroatoms. The molecule has 2 aromatic rings. The lowest BCUT2D eigenvalue weighted by atomic mass is 9.99. The quantitative estimate of drug-likeness (QED) is 0.660. The Hall–Kier alpha value is -1.52. The maximum absolute atomic E-state index is 12.7. The second kappa shape index (κ2) is 5.11. The van der Waals surface area contributed by atoms with Crippen LogP contribution in [0.1, 0.15) is 21.5 Å². The van der Waals surface area contributed by atoms with E-state index in [1.165, 1.54) is 0 Å². The van der Waals surface area contributed by atoms with Gasteiger partial charge in [0.1, 0.15) is 5.75 Å². The second-order valence-electron chi connectivity index (χ2n) is 4.61. The minimum Gasteiger partial charge on any atom is -0.492 e. The van der Waals surface area contributed by atoms with Crippen molar-refractivity contribution < 1.29 is 9.53 Å². The van der Waals surface area contributed by atoms with Crippen LogP contribution in [-0.2, 0) is 6.42 Å². The van der Waals surface area contributed by atoms with Crippen LogP contribution in [0.2, 0.25) is 5.02 Å². The molecule has 1 aliphatic rings. The molecule has 0 unspecified atom stereocenters. The van der Waals surface area contributed by atoms with Crippen molar-refractivity contribution in [3.05, 3.63) is 56.5 Å². The van der Waals surface area contributed by atoms with Crippen LogP contribution in [0.25, 0.3) is 0 Å². The van der Waals surface area contributed by atoms with Crippen LogP contribution >= 0.6 is 27.5 Å². The normalized spacial score (nSPS) is 12.9. The fourth-order valence-corrected chi connectivity index (χ4v) is 3.08. The summed E-state index contributed by atoms with van der Waals surface area (Å²) in [5.41, 5.74) is 8.17. The number of fused-ring (bicyclic) bond motifs is 1. The van der Waals surface area contributed by atoms with Crippen LogP contribution in [0.5, 0.6) is 5.75 Å². The first-order valence-corrected chi connectivity index (χ1v) is 7.28. The molecular weight excluding hydrogens is 342 g/mol. The number of benzene rings is 2. The molecule has 0 saturated carbocycles. The van der Waals surface area contributed by atoms with Crippen molar-refractivity contribution in [2.24, 2.45) is 0 Å². The zero-order valence-electron chi connectivity index (χ0n) is 10.5. The average Bonchev–Trinajstić information content (AvgIpc) is 2.85. The van der Waals surface area contributed by atoms with Crippen molar-refractivity contribution in [3.63, 3.8) is 0 Å². The number of nitrogen functional groups attached to an aromatic ring is 1. The fraction of sp³-hybridized carbons (Fsp3) is 0.133. The molecule has 0 amide bonds. The van der Waals surface area contributed by atoms with Crippen LogP contribution in [0, 0.1) is 0 Å². The summed E-state index contributed by atoms with van der Waals surface area (Å²) in [7, 11) is 0. The van der Waals surface area contributed by atoms with E-state index in [2.05, 4.69) is 15.9 Å². The third-order valence-electron chi connectivity index (χ3n) is 3.23. The first-order valence-electron chi connectivity index (χ1n) is 6.11. The predicted octanol–water partition coefficient (Wildman–Crippen LogP) is 3.85. The Morgan fingerprint density at radius 1 is 1.25 bits per heavy atom. The highest BCUT2D eigenvalue weighted by molar-refractivity contribution is 9.10. The largest absolute Gasteiger partial charge is 0.492 e. The van der Waals surface area contributed by atoms with E-state index < -0.39 is 0 Å². The van der Waals surface area contributed by atoms with Gasteiger partial charge < -0.3 is 10.5 Å². The van der Waals surface area contributed by atoms with E-state index in [-0.39, 0.29) is 5.78 Å². The lowest BCUT2D eigenvalue weighted by molar-refractivity contribution is 0.103. The summed E-state index contributed by atoms with van der Waals surface area (Å²) in [5.74, 6) is 0.501. The summed E-state index contributed by atoms with van der Waals surface area (Å²) >= 11 is 9.54. The summed E-state index contributed by atoms with van der Waals surface area (Å²) in [6.45, 7) is 0.599. The molecule has 0 fully saturated rings. The highest BCUT2D eigenvalue weighted by atomic mass is 79.9. The Bertz CT molecular complexity index is 715. The maximum Gasteiger partial charge on any atom is 0.198 e. The van der Waals surface area contributed by atoms with Gasteiger partial charge in [-0.15, -0.1) is 0 Å². The number of anilines is 1. The first-order chi connectivity index (χ1) is 9.56. The monoisotopic (exact) mass is 351 g/mol. The van der Waals surface area contributed by atoms with E-state index >= 15 is 0 Å². The zero-order valence-corrected chi connectivity index (χ0v) is 12.8. The number of rotatable bonds is 2. The smallest absolute Gasteiger partial charge is 0.198 e. The van der Waals surface area contributed by atoms with Gasteiger partial charge in [-0.05, 0) is 35.9 Å². The van der Waals surface area contributed by atoms with Gasteiger partial charge >= 0.3 is 0 Å². The molecule has 0 bridgehead atoms. The molecular formula is C15H11BrClNO2. The lowest BCUT2D eigenvalue weighted by Crippen LogP contribution is -2.05. The van der Waals surface area contributed by atoms with Gasteiger partial charge in [0.05, 0.1) is 17.2 Å². The van der Waals surface area contributed by atoms with Gasteiger partial charge in [-0.3, -0.25) is 4.79 Å². The fourth-order valence-electron chi connectivity index (χ4n) is 2.30. The van der Waals surface area contributed by atoms with Crippen molar-refractivity contribution in [2.45, 2.75) is 6.42 Å². The Balaban J connectivity index is 2.11. The first kappa shape index (κ1) is 13.5. The number of hydrogen-bond donors (Lipinski definition) is 1. The molecule has 102 valence electrons. The van der Waals surface area contributed by atoms with E-state index in [1.54, 1.807) is 24.3 Å². The van der Waals surface area contributed by atoms with Gasteiger partial charge in [-0.25, -0.2) is 0 Å². The minimum atomic E-state index is -0.158. The molecule has 20 heavy (non-hydrogen) atoms. The average molecular weight is 353 g/mol. The predicted molar refractivity (Wildman–Crippen MR) is 82.6 cm³/mol. The summed E-state index contributed by atoms with van der Waals surface area (Å²) in [4.78, 5) is 12.7. The molecule has 0 aliphatic carbocycles. The number of carbonyl (C=O) groups excluding carboxylic acids is 1. The van der Waals surface area contributed by atoms with Crippen molar-refractivity contribution in [1.82, 2.24) is 0 Å². The number of hydrogen-bond acceptors (Lipinski definition) is 3. The SMILES string of the molecule is Nc1ccc(C(=O)c2cc(Br)cc3c2OCC3)c(Cl)c1. The zero-order chi connectivity index (χ0) is 14.3. The molecule has 1 aliphatic heterocycles. The highest BCUT2D eigenvalue weighted by Gasteiger charge is 2.24. The summed E-state index contributed by atoms with van der Waals surface area (Å²) in [5, 5.41) is 0.349. The number of halogens is 2. The summed E-state index contributed by atoms with van der Waals surface area (Å²) in [6.07, 6.45) is 0.810. The van der Waals surface area contributed by atoms with E-state index in [4.69, 9.17) is 22.1 Å². The van der Waals surface area contributed by atoms with E-state index in [0.29, 0.717) is 34.2 Å². The van der Waals surface area contributed by atoms with Gasteiger partial charge in [0.15, 0.2) is 5.78 Å². The minimum absolute atomic E-state index is 0.158. The molecule has 0 spiro atoms. The van der Waals surface area contributed by atoms with E-state index in [9.17, 15) is 4.79 Å². The van der Waals surface area contributed by atoms with Gasteiger partial charge in [-0.1, -0.05) is 27.5 Å². The third kappa shape index (κ3) is 2.30. The Morgan fingerprint density at radius 3 is 2.80 bits per heavy atom. The second-order valence-corrected chi connectivity index (χ2v) is 5.93. The molecule has 0 radical (unpaired) electrons. The lowest BCUT2D eigenvalue weighted by Gasteiger charge is -2.09. The van der Waals surface area contributed by atoms with Gasteiger partial charge in [0.25, 0.3) is 0 Å². The van der Waals surface area contributed by atoms with Crippen LogP contribution < -0.4 is 10.5 Å². The molecule has 3 rings (SSSR count). The number of nitrogens with two attached hydrogens (primary N) is 1. The van der Waals surface area contributed by atoms with E-state index in [1.807, 2.05) is 6.07 Å². The van der Waals surface area contributed by atoms with Gasteiger partial charge in [-0.2, -0.15) is 0 Å². The molecule has 0 saturated heterocycles. The van der Waals surface area contributed by atoms with Crippen molar-refractivity contribution in [3.8, 4) is 5.75 Å². The molecule has 3 nitrogen and oxygen atoms in total. The topological polar surface area (TPSA) is 52.3 Å². The summed E-state index contributed by atoms with van der Waals surface area (Å²) in [6, 6.07) is 8.62. The number of carbonyl (C=O) groups is 1. The summed E-state index contributed by atoms with van der Waals surface area (Å²) < 4.78 is 6.44. The van der Waals surface area contributed by atoms with Crippen molar-refractivity contribution in [2.75, 3.05) is 12.3 Å². The molecule has 2 aromatic carbocycles. The molecule has 1 heterocycles. The Kier molecular flexibility index (Phi) is 3.44. The van der Waals surface area contributed by atoms with Crippen molar-refractivity contribution >= 4 is 39.0 Å². The third-order valence-corrected chi connectivity index (χ3v) is 4.00. The van der Waals surface area contributed by atoms with Crippen LogP contribution in [0.3, 0.4) is 0 Å². The van der Waals surface area contributed by atoms with Gasteiger partial charge in [0, 0.05) is 22.1 Å². The number of ether oxygens (including phenoxy) is 1. The van der Waals surface area contributed by atoms with Crippen LogP contribution in [-0.4, -0.2) is 12.4 Å². The van der Waals surface area contributed by atoms with Crippen LogP contribution in [0.15, 0.2) is 34.8 Å². The standard InChI is InChI=1S/C15H11BrClNO2/c16-9-5-8-3-4-20-15(8)12(6-9)14(19)11-2-1-10(18)7-13(11)17/h1-2,5-7H,3-4,18H2. The molecule has 2 N–H and O–H groups in total.